The topological polar surface area (TPSA) is 63.4 Å². The Kier molecular flexibility index (Phi) is 3.40. The quantitative estimate of drug-likeness (QED) is 0.671. The van der Waals surface area contributed by atoms with Crippen LogP contribution in [0.4, 0.5) is 0 Å². The van der Waals surface area contributed by atoms with Gasteiger partial charge in [0.1, 0.15) is 10.8 Å². The Bertz CT molecular complexity index is 443. The van der Waals surface area contributed by atoms with E-state index in [1.54, 1.807) is 4.31 Å². The van der Waals surface area contributed by atoms with E-state index in [1.807, 2.05) is 51.1 Å². The van der Waals surface area contributed by atoms with Crippen molar-refractivity contribution >= 4 is 17.3 Å². The normalized spacial score (nSPS) is 28.8. The molecular weight excluding hydrogens is 250 g/mol. The molecule has 5 heteroatoms. The molecule has 0 aromatic heterocycles. The maximum absolute atomic E-state index is 12.3. The lowest BCUT2D eigenvalue weighted by Crippen LogP contribution is -2.35. The molecule has 98 valence electrons. The molecule has 2 rings (SSSR count). The van der Waals surface area contributed by atoms with E-state index in [2.05, 4.69) is 0 Å². The van der Waals surface area contributed by atoms with Gasteiger partial charge < -0.3 is 9.66 Å². The van der Waals surface area contributed by atoms with E-state index in [0.717, 1.165) is 5.56 Å². The third-order valence-electron chi connectivity index (χ3n) is 2.87. The molecule has 0 unspecified atom stereocenters. The Morgan fingerprint density at radius 3 is 2.33 bits per heavy atom. The van der Waals surface area contributed by atoms with Crippen molar-refractivity contribution in [3.05, 3.63) is 35.9 Å². The summed E-state index contributed by atoms with van der Waals surface area (Å²) in [7, 11) is 0. The Morgan fingerprint density at radius 2 is 1.89 bits per heavy atom. The number of nitrogens with zero attached hydrogens (tertiary/aromatic N) is 1. The van der Waals surface area contributed by atoms with Crippen LogP contribution in [-0.4, -0.2) is 30.7 Å². The zero-order valence-corrected chi connectivity index (χ0v) is 11.5. The second-order valence-electron chi connectivity index (χ2n) is 5.36. The Labute approximate surface area is 110 Å². The van der Waals surface area contributed by atoms with Crippen molar-refractivity contribution in [2.75, 3.05) is 0 Å². The summed E-state index contributed by atoms with van der Waals surface area (Å²) >= 11 is -1.31. The molecule has 0 radical (unpaired) electrons. The largest absolute Gasteiger partial charge is 0.597 e. The number of carbonyl (C=O) groups is 1. The summed E-state index contributed by atoms with van der Waals surface area (Å²) in [6, 6.07) is 8.42. The van der Waals surface area contributed by atoms with Crippen molar-refractivity contribution in [2.24, 2.45) is 0 Å². The van der Waals surface area contributed by atoms with Crippen molar-refractivity contribution in [1.82, 2.24) is 4.31 Å². The number of carboxylic acids is 1. The molecule has 4 nitrogen and oxygen atoms in total. The van der Waals surface area contributed by atoms with E-state index in [9.17, 15) is 14.5 Å². The number of rotatable bonds is 3. The average Bonchev–Trinajstić information content (AvgIpc) is 3.03. The van der Waals surface area contributed by atoms with E-state index < -0.39 is 28.1 Å². The number of hydrogen-bond donors (Lipinski definition) is 1. The van der Waals surface area contributed by atoms with E-state index in [4.69, 9.17) is 0 Å². The summed E-state index contributed by atoms with van der Waals surface area (Å²) in [6.07, 6.45) is 0. The smallest absolute Gasteiger partial charge is 0.327 e. The van der Waals surface area contributed by atoms with Gasteiger partial charge in [-0.15, -0.1) is 4.31 Å². The van der Waals surface area contributed by atoms with E-state index in [-0.39, 0.29) is 6.04 Å². The van der Waals surface area contributed by atoms with Gasteiger partial charge in [0.2, 0.25) is 0 Å². The molecule has 1 N–H and O–H groups in total. The van der Waals surface area contributed by atoms with Crippen LogP contribution < -0.4 is 0 Å². The van der Waals surface area contributed by atoms with Crippen molar-refractivity contribution in [2.45, 2.75) is 37.6 Å². The monoisotopic (exact) mass is 267 g/mol. The second kappa shape index (κ2) is 4.57. The third-order valence-corrected chi connectivity index (χ3v) is 4.75. The van der Waals surface area contributed by atoms with Crippen LogP contribution >= 0.6 is 0 Å². The highest BCUT2D eigenvalue weighted by atomic mass is 32.2. The Hall–Kier alpha value is -1.04. The highest BCUT2D eigenvalue weighted by molar-refractivity contribution is 7.90. The first-order valence-electron chi connectivity index (χ1n) is 5.82. The molecule has 1 saturated heterocycles. The van der Waals surface area contributed by atoms with Gasteiger partial charge in [0.25, 0.3) is 0 Å². The molecule has 0 aliphatic carbocycles. The lowest BCUT2D eigenvalue weighted by atomic mass is 10.1. The molecule has 1 heterocycles. The minimum absolute atomic E-state index is 0.274. The van der Waals surface area contributed by atoms with Crippen LogP contribution in [0.3, 0.4) is 0 Å². The van der Waals surface area contributed by atoms with Crippen molar-refractivity contribution in [1.29, 1.82) is 0 Å². The van der Waals surface area contributed by atoms with E-state index in [0.29, 0.717) is 0 Å². The standard InChI is InChI=1S/C13H17NO3S/c1-13(2,3)18(17)14-10(11(14)12(15)16)9-7-5-4-6-8-9/h4-8,10-11H,1-3H3,(H,15,16)/t10-,11-,14-,18-/m0/s1. The molecule has 0 amide bonds. The maximum atomic E-state index is 12.3. The van der Waals surface area contributed by atoms with Gasteiger partial charge in [-0.1, -0.05) is 30.3 Å². The number of carboxylic acid groups (broad SMARTS) is 1. The van der Waals surface area contributed by atoms with Crippen molar-refractivity contribution in [3.8, 4) is 0 Å². The highest BCUT2D eigenvalue weighted by Gasteiger charge is 2.63. The summed E-state index contributed by atoms with van der Waals surface area (Å²) in [5.41, 5.74) is 0.905. The SMILES string of the molecule is CC(C)(C)[S@+]([O-])[N@]1[C@H](C(=O)O)[C@@H]1c1ccccc1. The average molecular weight is 267 g/mol. The van der Waals surface area contributed by atoms with Gasteiger partial charge in [0, 0.05) is 11.4 Å². The summed E-state index contributed by atoms with van der Waals surface area (Å²) in [5.74, 6) is -0.915. The second-order valence-corrected chi connectivity index (χ2v) is 7.50. The molecule has 0 saturated carbocycles. The number of aliphatic carboxylic acids is 1. The first-order valence-corrected chi connectivity index (χ1v) is 6.93. The van der Waals surface area contributed by atoms with Crippen molar-refractivity contribution < 1.29 is 14.5 Å². The van der Waals surface area contributed by atoms with Crippen LogP contribution in [-0.2, 0) is 16.2 Å². The Morgan fingerprint density at radius 1 is 1.33 bits per heavy atom. The number of hydrogen-bond acceptors (Lipinski definition) is 3. The van der Waals surface area contributed by atoms with Gasteiger partial charge in [0.15, 0.2) is 6.04 Å². The van der Waals surface area contributed by atoms with Gasteiger partial charge in [-0.05, 0) is 26.3 Å². The van der Waals surface area contributed by atoms with Gasteiger partial charge in [-0.2, -0.15) is 0 Å². The van der Waals surface area contributed by atoms with Crippen molar-refractivity contribution in [3.63, 3.8) is 0 Å². The lowest BCUT2D eigenvalue weighted by Gasteiger charge is -2.24. The predicted octanol–water partition coefficient (Wildman–Crippen LogP) is 1.96. The maximum Gasteiger partial charge on any atom is 0.327 e. The molecule has 1 aliphatic rings. The van der Waals surface area contributed by atoms with E-state index >= 15 is 0 Å². The van der Waals surface area contributed by atoms with Crippen LogP contribution in [0.25, 0.3) is 0 Å². The number of benzene rings is 1. The van der Waals surface area contributed by atoms with E-state index in [1.165, 1.54) is 0 Å². The van der Waals surface area contributed by atoms with Gasteiger partial charge in [-0.25, -0.2) is 0 Å². The van der Waals surface area contributed by atoms with Gasteiger partial charge >= 0.3 is 5.97 Å². The van der Waals surface area contributed by atoms with Gasteiger partial charge in [-0.3, -0.25) is 4.79 Å². The van der Waals surface area contributed by atoms with Crippen LogP contribution in [0.1, 0.15) is 32.4 Å². The third kappa shape index (κ3) is 2.39. The molecule has 1 aromatic rings. The molecule has 1 aliphatic heterocycles. The van der Waals surface area contributed by atoms with Gasteiger partial charge in [0.05, 0.1) is 0 Å². The molecule has 18 heavy (non-hydrogen) atoms. The summed E-state index contributed by atoms with van der Waals surface area (Å²) in [5, 5.41) is 9.19. The van der Waals surface area contributed by atoms with Crippen LogP contribution in [0.15, 0.2) is 30.3 Å². The molecular formula is C13H17NO3S. The molecule has 1 fully saturated rings. The highest BCUT2D eigenvalue weighted by Crippen LogP contribution is 2.48. The van der Waals surface area contributed by atoms with Crippen LogP contribution in [0.5, 0.6) is 0 Å². The molecule has 0 spiro atoms. The fourth-order valence-electron chi connectivity index (χ4n) is 1.96. The minimum Gasteiger partial charge on any atom is -0.597 e. The lowest BCUT2D eigenvalue weighted by molar-refractivity contribution is -0.137. The Balaban J connectivity index is 2.24. The first-order chi connectivity index (χ1) is 8.34. The summed E-state index contributed by atoms with van der Waals surface area (Å²) in [4.78, 5) is 11.2. The molecule has 1 aromatic carbocycles. The summed E-state index contributed by atoms with van der Waals surface area (Å²) in [6.45, 7) is 5.55. The first kappa shape index (κ1) is 13.4. The minimum atomic E-state index is -1.31. The van der Waals surface area contributed by atoms with Crippen LogP contribution in [0.2, 0.25) is 0 Å². The zero-order chi connectivity index (χ0) is 13.5. The molecule has 0 bridgehead atoms. The molecule has 4 atom stereocenters. The summed E-state index contributed by atoms with van der Waals surface area (Å²) < 4.78 is 13.4. The predicted molar refractivity (Wildman–Crippen MR) is 70.3 cm³/mol. The fourth-order valence-corrected chi connectivity index (χ4v) is 3.39. The zero-order valence-electron chi connectivity index (χ0n) is 10.7. The fraction of sp³-hybridized carbons (Fsp3) is 0.462. The van der Waals surface area contributed by atoms with Crippen LogP contribution in [0, 0.1) is 0 Å².